The molecular formula is C11H11N3O. The summed E-state index contributed by atoms with van der Waals surface area (Å²) in [6.45, 7) is 1.54. The first-order valence-electron chi connectivity index (χ1n) is 4.62. The monoisotopic (exact) mass is 201 g/mol. The summed E-state index contributed by atoms with van der Waals surface area (Å²) in [5.41, 5.74) is 2.45. The lowest BCUT2D eigenvalue weighted by molar-refractivity contribution is 0.101. The molecule has 0 unspecified atom stereocenters. The normalized spacial score (nSPS) is 10.3. The molecule has 2 aromatic rings. The van der Waals surface area contributed by atoms with Crippen LogP contribution < -0.4 is 0 Å². The molecule has 0 aliphatic rings. The fourth-order valence-corrected chi connectivity index (χ4v) is 1.49. The molecule has 15 heavy (non-hydrogen) atoms. The Bertz CT molecular complexity index is 502. The Morgan fingerprint density at radius 2 is 2.20 bits per heavy atom. The SMILES string of the molecule is CC(=O)c1cnccc1-c1cnn(C)c1. The second-order valence-electron chi connectivity index (χ2n) is 3.38. The molecule has 0 aliphatic carbocycles. The fraction of sp³-hybridized carbons (Fsp3) is 0.182. The smallest absolute Gasteiger partial charge is 0.161 e. The zero-order valence-electron chi connectivity index (χ0n) is 8.64. The molecule has 0 spiro atoms. The molecule has 2 rings (SSSR count). The molecule has 2 aromatic heterocycles. The first-order chi connectivity index (χ1) is 7.18. The Hall–Kier alpha value is -1.97. The molecule has 0 aliphatic heterocycles. The van der Waals surface area contributed by atoms with E-state index in [1.54, 1.807) is 23.3 Å². The second-order valence-corrected chi connectivity index (χ2v) is 3.38. The molecule has 4 heteroatoms. The van der Waals surface area contributed by atoms with Gasteiger partial charge in [0.15, 0.2) is 5.78 Å². The first kappa shape index (κ1) is 9.58. The third kappa shape index (κ3) is 1.79. The van der Waals surface area contributed by atoms with Crippen LogP contribution in [-0.2, 0) is 7.05 Å². The molecule has 0 atom stereocenters. The van der Waals surface area contributed by atoms with Crippen LogP contribution in [0.5, 0.6) is 0 Å². The fourth-order valence-electron chi connectivity index (χ4n) is 1.49. The number of rotatable bonds is 2. The third-order valence-corrected chi connectivity index (χ3v) is 2.22. The lowest BCUT2D eigenvalue weighted by atomic mass is 10.0. The largest absolute Gasteiger partial charge is 0.294 e. The zero-order chi connectivity index (χ0) is 10.8. The van der Waals surface area contributed by atoms with Crippen molar-refractivity contribution >= 4 is 5.78 Å². The van der Waals surface area contributed by atoms with Crippen LogP contribution in [0.4, 0.5) is 0 Å². The highest BCUT2D eigenvalue weighted by Crippen LogP contribution is 2.22. The minimum atomic E-state index is 0.0157. The molecule has 0 bridgehead atoms. The van der Waals surface area contributed by atoms with E-state index in [1.807, 2.05) is 19.3 Å². The summed E-state index contributed by atoms with van der Waals surface area (Å²) in [7, 11) is 1.85. The van der Waals surface area contributed by atoms with Crippen molar-refractivity contribution < 1.29 is 4.79 Å². The molecule has 0 radical (unpaired) electrons. The van der Waals surface area contributed by atoms with Crippen LogP contribution in [0, 0.1) is 0 Å². The van der Waals surface area contributed by atoms with Crippen LogP contribution in [-0.4, -0.2) is 20.5 Å². The Labute approximate surface area is 87.6 Å². The van der Waals surface area contributed by atoms with Gasteiger partial charge in [-0.3, -0.25) is 14.5 Å². The van der Waals surface area contributed by atoms with Gasteiger partial charge in [0, 0.05) is 36.8 Å². The van der Waals surface area contributed by atoms with Crippen LogP contribution in [0.2, 0.25) is 0 Å². The molecule has 0 saturated heterocycles. The predicted octanol–water partition coefficient (Wildman–Crippen LogP) is 1.68. The number of carbonyl (C=O) groups is 1. The van der Waals surface area contributed by atoms with E-state index in [0.29, 0.717) is 5.56 Å². The first-order valence-corrected chi connectivity index (χ1v) is 4.62. The Morgan fingerprint density at radius 3 is 2.80 bits per heavy atom. The summed E-state index contributed by atoms with van der Waals surface area (Å²) in [5, 5.41) is 4.08. The van der Waals surface area contributed by atoms with Gasteiger partial charge in [0.25, 0.3) is 0 Å². The van der Waals surface area contributed by atoms with Gasteiger partial charge in [-0.05, 0) is 18.6 Å². The number of hydrogen-bond donors (Lipinski definition) is 0. The summed E-state index contributed by atoms with van der Waals surface area (Å²) in [6.07, 6.45) is 6.88. The average molecular weight is 201 g/mol. The van der Waals surface area contributed by atoms with Crippen LogP contribution in [0.3, 0.4) is 0 Å². The van der Waals surface area contributed by atoms with Crippen LogP contribution in [0.25, 0.3) is 11.1 Å². The number of carbonyl (C=O) groups excluding carboxylic acids is 1. The quantitative estimate of drug-likeness (QED) is 0.694. The van der Waals surface area contributed by atoms with Crippen molar-refractivity contribution in [2.45, 2.75) is 6.92 Å². The molecule has 76 valence electrons. The van der Waals surface area contributed by atoms with E-state index in [-0.39, 0.29) is 5.78 Å². The van der Waals surface area contributed by atoms with Gasteiger partial charge in [-0.2, -0.15) is 5.10 Å². The standard InChI is InChI=1S/C11H11N3O/c1-8(15)11-6-12-4-3-10(11)9-5-13-14(2)7-9/h3-7H,1-2H3. The van der Waals surface area contributed by atoms with Crippen LogP contribution in [0.1, 0.15) is 17.3 Å². The lowest BCUT2D eigenvalue weighted by Crippen LogP contribution is -1.96. The highest BCUT2D eigenvalue weighted by atomic mass is 16.1. The highest BCUT2D eigenvalue weighted by Gasteiger charge is 2.09. The number of aromatic nitrogens is 3. The lowest BCUT2D eigenvalue weighted by Gasteiger charge is -2.02. The van der Waals surface area contributed by atoms with E-state index in [1.165, 1.54) is 6.92 Å². The van der Waals surface area contributed by atoms with Crippen molar-refractivity contribution in [2.75, 3.05) is 0 Å². The minimum absolute atomic E-state index is 0.0157. The number of Topliss-reactive ketones (excluding diaryl/α,β-unsaturated/α-hetero) is 1. The number of pyridine rings is 1. The molecule has 0 amide bonds. The number of hydrogen-bond acceptors (Lipinski definition) is 3. The summed E-state index contributed by atoms with van der Waals surface area (Å²) >= 11 is 0. The van der Waals surface area contributed by atoms with Crippen LogP contribution >= 0.6 is 0 Å². The van der Waals surface area contributed by atoms with Gasteiger partial charge >= 0.3 is 0 Å². The van der Waals surface area contributed by atoms with Crippen molar-refractivity contribution in [3.63, 3.8) is 0 Å². The molecule has 2 heterocycles. The van der Waals surface area contributed by atoms with E-state index in [0.717, 1.165) is 11.1 Å². The van der Waals surface area contributed by atoms with E-state index < -0.39 is 0 Å². The maximum absolute atomic E-state index is 11.4. The van der Waals surface area contributed by atoms with Crippen molar-refractivity contribution in [3.05, 3.63) is 36.4 Å². The Morgan fingerprint density at radius 1 is 1.40 bits per heavy atom. The molecule has 0 N–H and O–H groups in total. The van der Waals surface area contributed by atoms with Gasteiger partial charge in [-0.25, -0.2) is 0 Å². The van der Waals surface area contributed by atoms with E-state index in [4.69, 9.17) is 0 Å². The van der Waals surface area contributed by atoms with Crippen molar-refractivity contribution in [2.24, 2.45) is 7.05 Å². The Balaban J connectivity index is 2.57. The molecule has 0 fully saturated rings. The van der Waals surface area contributed by atoms with Crippen molar-refractivity contribution in [1.29, 1.82) is 0 Å². The molecule has 0 saturated carbocycles. The highest BCUT2D eigenvalue weighted by molar-refractivity contribution is 6.00. The molecule has 0 aromatic carbocycles. The molecular weight excluding hydrogens is 190 g/mol. The van der Waals surface area contributed by atoms with Gasteiger partial charge in [0.2, 0.25) is 0 Å². The van der Waals surface area contributed by atoms with Gasteiger partial charge in [-0.1, -0.05) is 0 Å². The van der Waals surface area contributed by atoms with Gasteiger partial charge in [0.05, 0.1) is 6.20 Å². The summed E-state index contributed by atoms with van der Waals surface area (Å²) in [6, 6.07) is 1.83. The van der Waals surface area contributed by atoms with E-state index in [2.05, 4.69) is 10.1 Å². The van der Waals surface area contributed by atoms with E-state index >= 15 is 0 Å². The maximum Gasteiger partial charge on any atom is 0.161 e. The number of ketones is 1. The van der Waals surface area contributed by atoms with Gasteiger partial charge in [-0.15, -0.1) is 0 Å². The summed E-state index contributed by atoms with van der Waals surface area (Å²) in [4.78, 5) is 15.3. The van der Waals surface area contributed by atoms with Gasteiger partial charge in [0.1, 0.15) is 0 Å². The average Bonchev–Trinajstić information content (AvgIpc) is 2.65. The minimum Gasteiger partial charge on any atom is -0.294 e. The third-order valence-electron chi connectivity index (χ3n) is 2.22. The second kappa shape index (κ2) is 3.65. The van der Waals surface area contributed by atoms with Crippen molar-refractivity contribution in [3.8, 4) is 11.1 Å². The topological polar surface area (TPSA) is 47.8 Å². The Kier molecular flexibility index (Phi) is 2.33. The zero-order valence-corrected chi connectivity index (χ0v) is 8.64. The number of aryl methyl sites for hydroxylation is 1. The summed E-state index contributed by atoms with van der Waals surface area (Å²) < 4.78 is 1.71. The van der Waals surface area contributed by atoms with Crippen molar-refractivity contribution in [1.82, 2.24) is 14.8 Å². The van der Waals surface area contributed by atoms with E-state index in [9.17, 15) is 4.79 Å². The maximum atomic E-state index is 11.4. The molecule has 4 nitrogen and oxygen atoms in total. The van der Waals surface area contributed by atoms with Crippen LogP contribution in [0.15, 0.2) is 30.9 Å². The van der Waals surface area contributed by atoms with Gasteiger partial charge < -0.3 is 0 Å². The predicted molar refractivity (Wildman–Crippen MR) is 56.4 cm³/mol. The number of nitrogens with zero attached hydrogens (tertiary/aromatic N) is 3. The summed E-state index contributed by atoms with van der Waals surface area (Å²) in [5.74, 6) is 0.0157.